The summed E-state index contributed by atoms with van der Waals surface area (Å²) in [5.74, 6) is 0.165. The lowest BCUT2D eigenvalue weighted by atomic mass is 9.85. The van der Waals surface area contributed by atoms with Crippen LogP contribution in [0, 0.1) is 5.92 Å². The van der Waals surface area contributed by atoms with Gasteiger partial charge in [0.2, 0.25) is 0 Å². The minimum atomic E-state index is -1.11. The molecule has 0 saturated carbocycles. The van der Waals surface area contributed by atoms with Gasteiger partial charge in [-0.25, -0.2) is 8.93 Å². The molecule has 0 amide bonds. The van der Waals surface area contributed by atoms with E-state index in [0.717, 1.165) is 12.8 Å². The normalized spacial score (nSPS) is 25.8. The van der Waals surface area contributed by atoms with E-state index in [1.807, 2.05) is 20.8 Å². The fourth-order valence-electron chi connectivity index (χ4n) is 2.22. The molecule has 0 bridgehead atoms. The Morgan fingerprint density at radius 1 is 1.56 bits per heavy atom. The molecule has 1 aliphatic rings. The molecule has 0 aromatic carbocycles. The van der Waals surface area contributed by atoms with Gasteiger partial charge in [-0.2, -0.15) is 0 Å². The molecule has 5 heteroatoms. The van der Waals surface area contributed by atoms with Crippen LogP contribution in [0.15, 0.2) is 11.4 Å². The molecule has 0 spiro atoms. The van der Waals surface area contributed by atoms with Crippen molar-refractivity contribution in [3.63, 3.8) is 0 Å². The molecule has 0 radical (unpaired) electrons. The predicted octanol–water partition coefficient (Wildman–Crippen LogP) is 2.40. The van der Waals surface area contributed by atoms with Gasteiger partial charge in [0.1, 0.15) is 0 Å². The first-order valence-corrected chi connectivity index (χ1v) is 8.31. The Morgan fingerprint density at radius 3 is 2.89 bits per heavy atom. The number of nitrogens with one attached hydrogen (secondary N) is 1. The average molecular weight is 287 g/mol. The van der Waals surface area contributed by atoms with Crippen molar-refractivity contribution in [3.05, 3.63) is 21.9 Å². The topological polar surface area (TPSA) is 49.3 Å². The van der Waals surface area contributed by atoms with E-state index in [1.54, 1.807) is 11.3 Å². The summed E-state index contributed by atoms with van der Waals surface area (Å²) in [5.41, 5.74) is 1.22. The Balaban J connectivity index is 2.22. The van der Waals surface area contributed by atoms with Crippen LogP contribution in [-0.2, 0) is 17.4 Å². The second-order valence-corrected chi connectivity index (χ2v) is 8.76. The average Bonchev–Trinajstić information content (AvgIpc) is 2.76. The van der Waals surface area contributed by atoms with E-state index in [4.69, 9.17) is 0 Å². The van der Waals surface area contributed by atoms with Crippen molar-refractivity contribution in [2.24, 2.45) is 5.92 Å². The summed E-state index contributed by atoms with van der Waals surface area (Å²) < 4.78 is 15.2. The zero-order chi connectivity index (χ0) is 13.3. The second kappa shape index (κ2) is 5.41. The molecule has 2 rings (SSSR count). The van der Waals surface area contributed by atoms with Gasteiger partial charge < -0.3 is 5.11 Å². The smallest absolute Gasteiger partial charge is 0.0976 e. The largest absolute Gasteiger partial charge is 0.396 e. The summed E-state index contributed by atoms with van der Waals surface area (Å²) in [6, 6.07) is 2.12. The van der Waals surface area contributed by atoms with Crippen LogP contribution in [0.25, 0.3) is 0 Å². The Labute approximate surface area is 115 Å². The van der Waals surface area contributed by atoms with Gasteiger partial charge in [0.25, 0.3) is 0 Å². The quantitative estimate of drug-likeness (QED) is 0.897. The van der Waals surface area contributed by atoms with E-state index >= 15 is 0 Å². The summed E-state index contributed by atoms with van der Waals surface area (Å²) in [4.78, 5) is 1.36. The van der Waals surface area contributed by atoms with E-state index in [9.17, 15) is 9.32 Å². The van der Waals surface area contributed by atoms with Crippen LogP contribution >= 0.6 is 11.3 Å². The highest BCUT2D eigenvalue weighted by Gasteiger charge is 2.33. The summed E-state index contributed by atoms with van der Waals surface area (Å²) in [6.07, 6.45) is 1.99. The fraction of sp³-hybridized carbons (Fsp3) is 0.692. The van der Waals surface area contributed by atoms with Crippen molar-refractivity contribution < 1.29 is 9.32 Å². The standard InChI is InChI=1S/C13H21NO2S2/c1-13(2,3)18(16)14-12-9(8-15)4-5-11-10(12)6-7-17-11/h6-7,9,12,14-15H,4-5,8H2,1-3H3/t9-,12-,18-/m0/s1. The molecule has 3 atom stereocenters. The maximum Gasteiger partial charge on any atom is 0.0976 e. The van der Waals surface area contributed by atoms with Crippen LogP contribution in [-0.4, -0.2) is 20.7 Å². The first kappa shape index (κ1) is 14.2. The van der Waals surface area contributed by atoms with Crippen molar-refractivity contribution in [1.82, 2.24) is 4.72 Å². The van der Waals surface area contributed by atoms with Crippen LogP contribution in [0.5, 0.6) is 0 Å². The number of aliphatic hydroxyl groups excluding tert-OH is 1. The van der Waals surface area contributed by atoms with Gasteiger partial charge in [0.15, 0.2) is 0 Å². The Morgan fingerprint density at radius 2 is 2.28 bits per heavy atom. The van der Waals surface area contributed by atoms with Crippen molar-refractivity contribution in [2.45, 2.75) is 44.4 Å². The number of hydrogen-bond acceptors (Lipinski definition) is 3. The van der Waals surface area contributed by atoms with Crippen LogP contribution in [0.4, 0.5) is 0 Å². The molecule has 3 nitrogen and oxygen atoms in total. The van der Waals surface area contributed by atoms with Gasteiger partial charge in [-0.3, -0.25) is 0 Å². The Hall–Kier alpha value is -0.230. The predicted molar refractivity (Wildman–Crippen MR) is 77.0 cm³/mol. The molecule has 2 N–H and O–H groups in total. The Kier molecular flexibility index (Phi) is 4.26. The molecular formula is C13H21NO2S2. The second-order valence-electron chi connectivity index (χ2n) is 5.76. The molecule has 0 aliphatic heterocycles. The van der Waals surface area contributed by atoms with Crippen molar-refractivity contribution in [3.8, 4) is 0 Å². The monoisotopic (exact) mass is 287 g/mol. The Bertz CT molecular complexity index is 436. The summed E-state index contributed by atoms with van der Waals surface area (Å²) in [5, 5.41) is 11.6. The van der Waals surface area contributed by atoms with Gasteiger partial charge in [0, 0.05) is 17.4 Å². The SMILES string of the molecule is CC(C)(C)[S@](=O)N[C@@H]1c2ccsc2CC[C@H]1CO. The first-order chi connectivity index (χ1) is 8.43. The highest BCUT2D eigenvalue weighted by Crippen LogP contribution is 2.37. The molecule has 1 aromatic rings. The maximum atomic E-state index is 12.2. The maximum absolute atomic E-state index is 12.2. The molecule has 0 fully saturated rings. The summed E-state index contributed by atoms with van der Waals surface area (Å²) >= 11 is 1.76. The molecule has 0 unspecified atom stereocenters. The number of hydrogen-bond donors (Lipinski definition) is 2. The number of aryl methyl sites for hydroxylation is 1. The van der Waals surface area contributed by atoms with Crippen molar-refractivity contribution in [1.29, 1.82) is 0 Å². The molecular weight excluding hydrogens is 266 g/mol. The summed E-state index contributed by atoms with van der Waals surface area (Å²) in [7, 11) is -1.11. The van der Waals surface area contributed by atoms with Gasteiger partial charge in [0.05, 0.1) is 21.8 Å². The molecule has 102 valence electrons. The van der Waals surface area contributed by atoms with Crippen LogP contribution in [0.2, 0.25) is 0 Å². The third-order valence-electron chi connectivity index (χ3n) is 3.35. The van der Waals surface area contributed by atoms with Crippen molar-refractivity contribution in [2.75, 3.05) is 6.61 Å². The van der Waals surface area contributed by atoms with Gasteiger partial charge in [-0.05, 0) is 50.6 Å². The minimum Gasteiger partial charge on any atom is -0.396 e. The summed E-state index contributed by atoms with van der Waals surface area (Å²) in [6.45, 7) is 6.03. The molecule has 1 aliphatic carbocycles. The van der Waals surface area contributed by atoms with E-state index in [1.165, 1.54) is 10.4 Å². The van der Waals surface area contributed by atoms with E-state index in [0.29, 0.717) is 0 Å². The van der Waals surface area contributed by atoms with Gasteiger partial charge >= 0.3 is 0 Å². The van der Waals surface area contributed by atoms with Gasteiger partial charge in [-0.15, -0.1) is 11.3 Å². The lowest BCUT2D eigenvalue weighted by Gasteiger charge is -2.33. The first-order valence-electron chi connectivity index (χ1n) is 6.28. The van der Waals surface area contributed by atoms with Crippen molar-refractivity contribution >= 4 is 22.3 Å². The van der Waals surface area contributed by atoms with Crippen LogP contribution in [0.3, 0.4) is 0 Å². The third-order valence-corrected chi connectivity index (χ3v) is 5.93. The zero-order valence-corrected chi connectivity index (χ0v) is 12.7. The lowest BCUT2D eigenvalue weighted by Crippen LogP contribution is -2.40. The van der Waals surface area contributed by atoms with E-state index in [2.05, 4.69) is 16.2 Å². The van der Waals surface area contributed by atoms with Crippen LogP contribution < -0.4 is 4.72 Å². The highest BCUT2D eigenvalue weighted by molar-refractivity contribution is 7.84. The van der Waals surface area contributed by atoms with Gasteiger partial charge in [-0.1, -0.05) is 0 Å². The number of thiophene rings is 1. The molecule has 1 heterocycles. The molecule has 0 saturated heterocycles. The number of fused-ring (bicyclic) bond motifs is 1. The number of rotatable bonds is 3. The third kappa shape index (κ3) is 2.85. The highest BCUT2D eigenvalue weighted by atomic mass is 32.2. The minimum absolute atomic E-state index is 0.0186. The lowest BCUT2D eigenvalue weighted by molar-refractivity contribution is 0.185. The van der Waals surface area contributed by atoms with E-state index in [-0.39, 0.29) is 23.3 Å². The molecule has 18 heavy (non-hydrogen) atoms. The number of aliphatic hydroxyl groups is 1. The fourth-order valence-corrected chi connectivity index (χ4v) is 4.07. The zero-order valence-electron chi connectivity index (χ0n) is 11.1. The van der Waals surface area contributed by atoms with E-state index < -0.39 is 11.0 Å². The van der Waals surface area contributed by atoms with Crippen LogP contribution in [0.1, 0.15) is 43.7 Å². The molecule has 1 aromatic heterocycles.